The van der Waals surface area contributed by atoms with E-state index in [1.807, 2.05) is 31.2 Å². The molecule has 1 saturated heterocycles. The number of methoxy groups -OCH3 is 1. The Morgan fingerprint density at radius 2 is 1.86 bits per heavy atom. The van der Waals surface area contributed by atoms with E-state index < -0.39 is 23.7 Å². The first-order valence-electron chi connectivity index (χ1n) is 11.9. The first kappa shape index (κ1) is 26.1. The van der Waals surface area contributed by atoms with Crippen molar-refractivity contribution >= 4 is 39.9 Å². The van der Waals surface area contributed by atoms with Crippen LogP contribution in [0.15, 0.2) is 54.1 Å². The fourth-order valence-corrected chi connectivity index (χ4v) is 5.24. The molecular weight excluding hydrogens is 492 g/mol. The van der Waals surface area contributed by atoms with E-state index in [0.717, 1.165) is 16.9 Å². The van der Waals surface area contributed by atoms with Gasteiger partial charge in [0.1, 0.15) is 16.4 Å². The number of thiazole rings is 1. The number of aromatic nitrogens is 1. The third-order valence-electron chi connectivity index (χ3n) is 6.14. The Bertz CT molecular complexity index is 1390. The molecule has 1 fully saturated rings. The van der Waals surface area contributed by atoms with Crippen molar-refractivity contribution in [1.82, 2.24) is 4.98 Å². The number of carbonyl (C=O) groups excluding carboxylic acids is 3. The maximum atomic E-state index is 13.4. The van der Waals surface area contributed by atoms with Crippen molar-refractivity contribution in [2.24, 2.45) is 0 Å². The van der Waals surface area contributed by atoms with E-state index in [0.29, 0.717) is 29.2 Å². The molecule has 0 saturated carbocycles. The van der Waals surface area contributed by atoms with Crippen molar-refractivity contribution in [2.45, 2.75) is 39.7 Å². The van der Waals surface area contributed by atoms with Gasteiger partial charge in [0.2, 0.25) is 0 Å². The average Bonchev–Trinajstić information content (AvgIpc) is 3.40. The standard InChI is InChI=1S/C28H28N2O6S/c1-6-36-20-9-7-8-19(14-20)23(31)21-22(18-12-10-17(11-13-18)15(2)3)30(26(33)24(21)32)28-29-16(4)25(37-28)27(34)35-5/h7-15,22,31H,6H2,1-5H3/b23-21+. The lowest BCUT2D eigenvalue weighted by molar-refractivity contribution is -0.132. The minimum absolute atomic E-state index is 0.0663. The number of aliphatic hydroxyl groups excluding tert-OH is 1. The Morgan fingerprint density at radius 1 is 1.16 bits per heavy atom. The van der Waals surface area contributed by atoms with Crippen molar-refractivity contribution in [3.05, 3.63) is 81.4 Å². The Kier molecular flexibility index (Phi) is 7.45. The number of esters is 1. The van der Waals surface area contributed by atoms with Crippen molar-refractivity contribution in [3.8, 4) is 5.75 Å². The monoisotopic (exact) mass is 520 g/mol. The maximum Gasteiger partial charge on any atom is 0.350 e. The molecule has 192 valence electrons. The average molecular weight is 521 g/mol. The highest BCUT2D eigenvalue weighted by atomic mass is 32.1. The zero-order valence-corrected chi connectivity index (χ0v) is 22.1. The van der Waals surface area contributed by atoms with Crippen molar-refractivity contribution < 1.29 is 29.0 Å². The highest BCUT2D eigenvalue weighted by Gasteiger charge is 2.48. The topological polar surface area (TPSA) is 106 Å². The molecule has 0 radical (unpaired) electrons. The van der Waals surface area contributed by atoms with E-state index >= 15 is 0 Å². The molecule has 1 aromatic heterocycles. The van der Waals surface area contributed by atoms with Crippen molar-refractivity contribution in [2.75, 3.05) is 18.6 Å². The van der Waals surface area contributed by atoms with E-state index in [1.54, 1.807) is 31.2 Å². The normalized spacial score (nSPS) is 16.9. The second-order valence-electron chi connectivity index (χ2n) is 8.85. The summed E-state index contributed by atoms with van der Waals surface area (Å²) < 4.78 is 10.4. The summed E-state index contributed by atoms with van der Waals surface area (Å²) in [4.78, 5) is 44.9. The van der Waals surface area contributed by atoms with Gasteiger partial charge < -0.3 is 14.6 Å². The van der Waals surface area contributed by atoms with Crippen LogP contribution in [-0.2, 0) is 14.3 Å². The quantitative estimate of drug-likeness (QED) is 0.193. The zero-order chi connectivity index (χ0) is 26.9. The SMILES string of the molecule is CCOc1cccc(/C(O)=C2\C(=O)C(=O)N(c3nc(C)c(C(=O)OC)s3)C2c2ccc(C(C)C)cc2)c1. The second kappa shape index (κ2) is 10.6. The number of ether oxygens (including phenoxy) is 2. The number of benzene rings is 2. The Balaban J connectivity index is 1.92. The van der Waals surface area contributed by atoms with Gasteiger partial charge in [-0.05, 0) is 43.0 Å². The lowest BCUT2D eigenvalue weighted by atomic mass is 9.93. The summed E-state index contributed by atoms with van der Waals surface area (Å²) in [5, 5.41) is 11.5. The van der Waals surface area contributed by atoms with Gasteiger partial charge in [-0.3, -0.25) is 14.5 Å². The zero-order valence-electron chi connectivity index (χ0n) is 21.3. The summed E-state index contributed by atoms with van der Waals surface area (Å²) in [7, 11) is 1.26. The predicted octanol–water partition coefficient (Wildman–Crippen LogP) is 5.39. The molecule has 1 amide bonds. The fraction of sp³-hybridized carbons (Fsp3) is 0.286. The van der Waals surface area contributed by atoms with E-state index in [-0.39, 0.29) is 27.3 Å². The van der Waals surface area contributed by atoms with Gasteiger partial charge in [0, 0.05) is 5.56 Å². The van der Waals surface area contributed by atoms with Gasteiger partial charge in [0.05, 0.1) is 31.0 Å². The number of rotatable bonds is 7. The van der Waals surface area contributed by atoms with Gasteiger partial charge in [-0.15, -0.1) is 0 Å². The molecule has 1 aliphatic heterocycles. The Hall–Kier alpha value is -3.98. The minimum Gasteiger partial charge on any atom is -0.507 e. The number of ketones is 1. The first-order chi connectivity index (χ1) is 17.7. The summed E-state index contributed by atoms with van der Waals surface area (Å²) in [6.45, 7) is 8.05. The maximum absolute atomic E-state index is 13.4. The number of hydrogen-bond acceptors (Lipinski definition) is 8. The van der Waals surface area contributed by atoms with Crippen LogP contribution in [0, 0.1) is 6.92 Å². The third-order valence-corrected chi connectivity index (χ3v) is 7.28. The van der Waals surface area contributed by atoms with Crippen LogP contribution in [0.25, 0.3) is 5.76 Å². The number of aliphatic hydroxyl groups is 1. The molecule has 2 aromatic carbocycles. The summed E-state index contributed by atoms with van der Waals surface area (Å²) in [6, 6.07) is 13.3. The largest absolute Gasteiger partial charge is 0.507 e. The minimum atomic E-state index is -0.951. The number of Topliss-reactive ketones (excluding diaryl/α,β-unsaturated/α-hetero) is 1. The smallest absolute Gasteiger partial charge is 0.350 e. The molecule has 0 spiro atoms. The number of nitrogens with zero attached hydrogens (tertiary/aromatic N) is 2. The molecule has 8 nitrogen and oxygen atoms in total. The highest BCUT2D eigenvalue weighted by Crippen LogP contribution is 2.44. The third kappa shape index (κ3) is 4.86. The summed E-state index contributed by atoms with van der Waals surface area (Å²) in [5.41, 5.74) is 2.37. The Morgan fingerprint density at radius 3 is 2.49 bits per heavy atom. The van der Waals surface area contributed by atoms with Gasteiger partial charge in [-0.25, -0.2) is 9.78 Å². The summed E-state index contributed by atoms with van der Waals surface area (Å²) in [5.74, 6) is -1.77. The first-order valence-corrected chi connectivity index (χ1v) is 12.7. The van der Waals surface area contributed by atoms with Crippen LogP contribution in [0.4, 0.5) is 5.13 Å². The van der Waals surface area contributed by atoms with E-state index in [1.165, 1.54) is 12.0 Å². The summed E-state index contributed by atoms with van der Waals surface area (Å²) in [6.07, 6.45) is 0. The van der Waals surface area contributed by atoms with Crippen LogP contribution in [-0.4, -0.2) is 41.5 Å². The highest BCUT2D eigenvalue weighted by molar-refractivity contribution is 7.17. The van der Waals surface area contributed by atoms with Crippen LogP contribution >= 0.6 is 11.3 Å². The van der Waals surface area contributed by atoms with Crippen LogP contribution in [0.5, 0.6) is 5.75 Å². The van der Waals surface area contributed by atoms with Crippen molar-refractivity contribution in [3.63, 3.8) is 0 Å². The molecule has 1 aliphatic rings. The number of hydrogen-bond donors (Lipinski definition) is 1. The lowest BCUT2D eigenvalue weighted by Crippen LogP contribution is -2.29. The molecule has 9 heteroatoms. The van der Waals surface area contributed by atoms with Crippen LogP contribution in [0.3, 0.4) is 0 Å². The number of aryl methyl sites for hydroxylation is 1. The molecular formula is C28H28N2O6S. The molecule has 3 aromatic rings. The van der Waals surface area contributed by atoms with Gasteiger partial charge in [-0.1, -0.05) is 61.6 Å². The molecule has 0 aliphatic carbocycles. The van der Waals surface area contributed by atoms with Gasteiger partial charge in [0.15, 0.2) is 5.13 Å². The fourth-order valence-electron chi connectivity index (χ4n) is 4.23. The number of carbonyl (C=O) groups is 3. The molecule has 1 N–H and O–H groups in total. The predicted molar refractivity (Wildman–Crippen MR) is 141 cm³/mol. The molecule has 2 heterocycles. The Labute approximate surface area is 219 Å². The van der Waals surface area contributed by atoms with Crippen molar-refractivity contribution in [1.29, 1.82) is 0 Å². The van der Waals surface area contributed by atoms with Gasteiger partial charge >= 0.3 is 11.9 Å². The number of anilines is 1. The summed E-state index contributed by atoms with van der Waals surface area (Å²) >= 11 is 0.963. The van der Waals surface area contributed by atoms with Gasteiger partial charge in [0.25, 0.3) is 5.78 Å². The van der Waals surface area contributed by atoms with Gasteiger partial charge in [-0.2, -0.15) is 0 Å². The van der Waals surface area contributed by atoms with E-state index in [9.17, 15) is 19.5 Å². The van der Waals surface area contributed by atoms with Crippen LogP contribution < -0.4 is 9.64 Å². The molecule has 1 unspecified atom stereocenters. The lowest BCUT2D eigenvalue weighted by Gasteiger charge is -2.23. The van der Waals surface area contributed by atoms with E-state index in [2.05, 4.69) is 18.8 Å². The molecule has 37 heavy (non-hydrogen) atoms. The second-order valence-corrected chi connectivity index (χ2v) is 9.83. The molecule has 0 bridgehead atoms. The van der Waals surface area contributed by atoms with E-state index in [4.69, 9.17) is 9.47 Å². The molecule has 4 rings (SSSR count). The van der Waals surface area contributed by atoms with Crippen LogP contribution in [0.1, 0.15) is 64.8 Å². The molecule has 1 atom stereocenters. The van der Waals surface area contributed by atoms with Crippen LogP contribution in [0.2, 0.25) is 0 Å². The number of amides is 1.